The molecule has 0 amide bonds. The van der Waals surface area contributed by atoms with E-state index in [4.69, 9.17) is 14.2 Å². The predicted octanol–water partition coefficient (Wildman–Crippen LogP) is 3.98. The molecule has 0 saturated carbocycles. The molecule has 0 fully saturated rings. The summed E-state index contributed by atoms with van der Waals surface area (Å²) >= 11 is 4.43. The minimum absolute atomic E-state index is 0.146. The molecule has 0 spiro atoms. The molecule has 0 aliphatic heterocycles. The third-order valence-electron chi connectivity index (χ3n) is 3.48. The average Bonchev–Trinajstić information content (AvgIpc) is 2.38. The van der Waals surface area contributed by atoms with Gasteiger partial charge in [0.25, 0.3) is 0 Å². The van der Waals surface area contributed by atoms with Crippen LogP contribution in [0.5, 0.6) is 17.2 Å². The first-order valence-corrected chi connectivity index (χ1v) is 7.43. The van der Waals surface area contributed by atoms with Crippen LogP contribution in [0.4, 0.5) is 0 Å². The molecule has 0 bridgehead atoms. The van der Waals surface area contributed by atoms with Crippen molar-refractivity contribution in [3.05, 3.63) is 17.7 Å². The lowest BCUT2D eigenvalue weighted by atomic mass is 9.82. The number of rotatable bonds is 6. The standard InChI is InChI=1S/C16H26O3S/c1-11-7-13(17-5)15(14(8-11)18-6)19-9-12(10-20)16(2,3)4/h7-8,12,20H,9-10H2,1-6H3. The van der Waals surface area contributed by atoms with Crippen molar-refractivity contribution in [1.29, 1.82) is 0 Å². The number of hydrogen-bond donors (Lipinski definition) is 1. The molecule has 0 aliphatic rings. The highest BCUT2D eigenvalue weighted by Gasteiger charge is 2.25. The lowest BCUT2D eigenvalue weighted by molar-refractivity contribution is 0.157. The molecule has 20 heavy (non-hydrogen) atoms. The molecular formula is C16H26O3S. The first-order valence-electron chi connectivity index (χ1n) is 6.79. The lowest BCUT2D eigenvalue weighted by Crippen LogP contribution is -2.28. The van der Waals surface area contributed by atoms with E-state index in [2.05, 4.69) is 33.4 Å². The Morgan fingerprint density at radius 3 is 1.95 bits per heavy atom. The van der Waals surface area contributed by atoms with E-state index in [1.807, 2.05) is 19.1 Å². The van der Waals surface area contributed by atoms with Crippen LogP contribution in [0.15, 0.2) is 12.1 Å². The summed E-state index contributed by atoms with van der Waals surface area (Å²) in [5.74, 6) is 3.19. The van der Waals surface area contributed by atoms with Crippen LogP contribution in [0.1, 0.15) is 26.3 Å². The van der Waals surface area contributed by atoms with Crippen LogP contribution in [0.3, 0.4) is 0 Å². The first kappa shape index (κ1) is 17.0. The highest BCUT2D eigenvalue weighted by atomic mass is 32.1. The molecule has 1 rings (SSSR count). The summed E-state index contributed by atoms with van der Waals surface area (Å²) in [5.41, 5.74) is 1.22. The Bertz CT molecular complexity index is 413. The van der Waals surface area contributed by atoms with Gasteiger partial charge < -0.3 is 14.2 Å². The summed E-state index contributed by atoms with van der Waals surface area (Å²) in [6.07, 6.45) is 0. The summed E-state index contributed by atoms with van der Waals surface area (Å²) in [6.45, 7) is 9.17. The molecule has 0 N–H and O–H groups in total. The molecular weight excluding hydrogens is 272 g/mol. The molecule has 1 atom stereocenters. The van der Waals surface area contributed by atoms with Crippen molar-refractivity contribution in [3.8, 4) is 17.2 Å². The second-order valence-electron chi connectivity index (χ2n) is 6.06. The summed E-state index contributed by atoms with van der Waals surface area (Å²) < 4.78 is 16.8. The van der Waals surface area contributed by atoms with E-state index in [1.165, 1.54) is 0 Å². The van der Waals surface area contributed by atoms with Gasteiger partial charge >= 0.3 is 0 Å². The minimum Gasteiger partial charge on any atom is -0.493 e. The quantitative estimate of drug-likeness (QED) is 0.805. The largest absolute Gasteiger partial charge is 0.493 e. The number of thiol groups is 1. The third kappa shape index (κ3) is 4.23. The molecule has 3 nitrogen and oxygen atoms in total. The van der Waals surface area contributed by atoms with Gasteiger partial charge in [0.15, 0.2) is 11.5 Å². The Morgan fingerprint density at radius 2 is 1.60 bits per heavy atom. The average molecular weight is 298 g/mol. The Balaban J connectivity index is 2.96. The zero-order valence-corrected chi connectivity index (χ0v) is 14.2. The van der Waals surface area contributed by atoms with Crippen molar-refractivity contribution in [3.63, 3.8) is 0 Å². The maximum absolute atomic E-state index is 5.99. The van der Waals surface area contributed by atoms with Crippen molar-refractivity contribution < 1.29 is 14.2 Å². The van der Waals surface area contributed by atoms with Gasteiger partial charge in [0.2, 0.25) is 5.75 Å². The number of hydrogen-bond acceptors (Lipinski definition) is 4. The van der Waals surface area contributed by atoms with Crippen LogP contribution in [0.2, 0.25) is 0 Å². The maximum atomic E-state index is 5.99. The highest BCUT2D eigenvalue weighted by molar-refractivity contribution is 7.80. The van der Waals surface area contributed by atoms with Crippen molar-refractivity contribution in [2.45, 2.75) is 27.7 Å². The van der Waals surface area contributed by atoms with E-state index in [0.29, 0.717) is 29.8 Å². The Morgan fingerprint density at radius 1 is 1.10 bits per heavy atom. The first-order chi connectivity index (χ1) is 9.33. The van der Waals surface area contributed by atoms with Crippen molar-refractivity contribution in [1.82, 2.24) is 0 Å². The number of methoxy groups -OCH3 is 2. The molecule has 1 aromatic rings. The van der Waals surface area contributed by atoms with Crippen LogP contribution in [0, 0.1) is 18.3 Å². The molecule has 1 aromatic carbocycles. The molecule has 114 valence electrons. The van der Waals surface area contributed by atoms with Crippen molar-refractivity contribution >= 4 is 12.6 Å². The van der Waals surface area contributed by atoms with Crippen LogP contribution >= 0.6 is 12.6 Å². The maximum Gasteiger partial charge on any atom is 0.203 e. The topological polar surface area (TPSA) is 27.7 Å². The molecule has 1 unspecified atom stereocenters. The van der Waals surface area contributed by atoms with E-state index in [1.54, 1.807) is 14.2 Å². The van der Waals surface area contributed by atoms with Crippen LogP contribution < -0.4 is 14.2 Å². The number of ether oxygens (including phenoxy) is 3. The van der Waals surface area contributed by atoms with Gasteiger partial charge in [-0.05, 0) is 35.8 Å². The number of benzene rings is 1. The van der Waals surface area contributed by atoms with Crippen molar-refractivity contribution in [2.24, 2.45) is 11.3 Å². The van der Waals surface area contributed by atoms with Gasteiger partial charge in [-0.15, -0.1) is 0 Å². The normalized spacial score (nSPS) is 12.9. The van der Waals surface area contributed by atoms with E-state index in [9.17, 15) is 0 Å². The van der Waals surface area contributed by atoms with Gasteiger partial charge in [0, 0.05) is 5.92 Å². The third-order valence-corrected chi connectivity index (χ3v) is 3.92. The minimum atomic E-state index is 0.146. The Labute approximate surface area is 128 Å². The highest BCUT2D eigenvalue weighted by Crippen LogP contribution is 2.39. The van der Waals surface area contributed by atoms with Gasteiger partial charge in [0.05, 0.1) is 20.8 Å². The molecule has 4 heteroatoms. The molecule has 0 aliphatic carbocycles. The van der Waals surface area contributed by atoms with Gasteiger partial charge in [-0.25, -0.2) is 0 Å². The van der Waals surface area contributed by atoms with Gasteiger partial charge in [0.1, 0.15) is 0 Å². The SMILES string of the molecule is COc1cc(C)cc(OC)c1OCC(CS)C(C)(C)C. The second kappa shape index (κ2) is 7.11. The second-order valence-corrected chi connectivity index (χ2v) is 6.42. The monoisotopic (exact) mass is 298 g/mol. The Hall–Kier alpha value is -1.03. The van der Waals surface area contributed by atoms with Crippen LogP contribution in [-0.4, -0.2) is 26.6 Å². The summed E-state index contributed by atoms with van der Waals surface area (Å²) in [7, 11) is 3.28. The van der Waals surface area contributed by atoms with Gasteiger partial charge in [-0.3, -0.25) is 0 Å². The molecule has 0 heterocycles. The summed E-state index contributed by atoms with van der Waals surface area (Å²) in [6, 6.07) is 3.90. The fraction of sp³-hybridized carbons (Fsp3) is 0.625. The lowest BCUT2D eigenvalue weighted by Gasteiger charge is -2.29. The molecule has 0 saturated heterocycles. The van der Waals surface area contributed by atoms with E-state index >= 15 is 0 Å². The zero-order valence-electron chi connectivity index (χ0n) is 13.3. The van der Waals surface area contributed by atoms with Crippen molar-refractivity contribution in [2.75, 3.05) is 26.6 Å². The van der Waals surface area contributed by atoms with Gasteiger partial charge in [-0.1, -0.05) is 20.8 Å². The number of aryl methyl sites for hydroxylation is 1. The Kier molecular flexibility index (Phi) is 6.06. The van der Waals surface area contributed by atoms with E-state index in [0.717, 1.165) is 11.3 Å². The fourth-order valence-corrected chi connectivity index (χ4v) is 2.57. The van der Waals surface area contributed by atoms with Crippen LogP contribution in [-0.2, 0) is 0 Å². The molecule has 0 aromatic heterocycles. The smallest absolute Gasteiger partial charge is 0.203 e. The molecule has 0 radical (unpaired) electrons. The predicted molar refractivity (Wildman–Crippen MR) is 86.6 cm³/mol. The van der Waals surface area contributed by atoms with Crippen LogP contribution in [0.25, 0.3) is 0 Å². The van der Waals surface area contributed by atoms with E-state index in [-0.39, 0.29) is 5.41 Å². The van der Waals surface area contributed by atoms with Gasteiger partial charge in [-0.2, -0.15) is 12.6 Å². The summed E-state index contributed by atoms with van der Waals surface area (Å²) in [5, 5.41) is 0. The summed E-state index contributed by atoms with van der Waals surface area (Å²) in [4.78, 5) is 0. The zero-order chi connectivity index (χ0) is 15.3. The fourth-order valence-electron chi connectivity index (χ4n) is 1.91. The van der Waals surface area contributed by atoms with E-state index < -0.39 is 0 Å².